The fourth-order valence-electron chi connectivity index (χ4n) is 4.91. The van der Waals surface area contributed by atoms with Gasteiger partial charge in [-0.3, -0.25) is 0 Å². The van der Waals surface area contributed by atoms with Crippen LogP contribution in [0.15, 0.2) is 115 Å². The maximum absolute atomic E-state index is 3.47. The summed E-state index contributed by atoms with van der Waals surface area (Å²) in [6.45, 7) is 6.73. The number of hydrogen-bond acceptors (Lipinski definition) is 0. The number of rotatable bonds is 0. The van der Waals surface area contributed by atoms with Gasteiger partial charge < -0.3 is 0 Å². The topological polar surface area (TPSA) is 0 Å². The minimum Gasteiger partial charge on any atom is -0.0622 e. The van der Waals surface area contributed by atoms with Crippen molar-refractivity contribution in [2.24, 2.45) is 0 Å². The second-order valence-electron chi connectivity index (χ2n) is 10.8. The van der Waals surface area contributed by atoms with Crippen LogP contribution in [0, 0.1) is 23.7 Å². The zero-order valence-electron chi connectivity index (χ0n) is 22.0. The van der Waals surface area contributed by atoms with Crippen molar-refractivity contribution in [2.75, 3.05) is 0 Å². The Morgan fingerprint density at radius 1 is 0.421 bits per heavy atom. The summed E-state index contributed by atoms with van der Waals surface area (Å²) in [5.74, 6) is 13.8. The maximum atomic E-state index is 3.47. The maximum Gasteiger partial charge on any atom is 0.0340 e. The molecule has 0 nitrogen and oxygen atoms in total. The first kappa shape index (κ1) is 23.6. The Morgan fingerprint density at radius 3 is 1.18 bits per heavy atom. The predicted molar refractivity (Wildman–Crippen MR) is 160 cm³/mol. The quantitative estimate of drug-likeness (QED) is 0.189. The zero-order valence-corrected chi connectivity index (χ0v) is 22.0. The lowest BCUT2D eigenvalue weighted by molar-refractivity contribution is 0.591. The molecule has 0 unspecified atom stereocenters. The van der Waals surface area contributed by atoms with Crippen molar-refractivity contribution in [2.45, 2.75) is 26.2 Å². The highest BCUT2D eigenvalue weighted by atomic mass is 14.2. The first-order valence-corrected chi connectivity index (χ1v) is 13.0. The monoisotopic (exact) mass is 484 g/mol. The molecule has 6 aliphatic carbocycles. The van der Waals surface area contributed by atoms with E-state index in [0.29, 0.717) is 0 Å². The minimum atomic E-state index is 0.0607. The van der Waals surface area contributed by atoms with Crippen LogP contribution in [0.5, 0.6) is 0 Å². The van der Waals surface area contributed by atoms with Crippen LogP contribution in [0.2, 0.25) is 0 Å². The van der Waals surface area contributed by atoms with E-state index in [4.69, 9.17) is 0 Å². The van der Waals surface area contributed by atoms with E-state index in [9.17, 15) is 0 Å². The van der Waals surface area contributed by atoms with E-state index in [0.717, 1.165) is 33.4 Å². The highest BCUT2D eigenvalue weighted by molar-refractivity contribution is 5.82. The van der Waals surface area contributed by atoms with Gasteiger partial charge in [-0.1, -0.05) is 129 Å². The van der Waals surface area contributed by atoms with Gasteiger partial charge in [-0.05, 0) is 74.7 Å². The molecule has 0 aromatic heterocycles. The van der Waals surface area contributed by atoms with Crippen LogP contribution >= 0.6 is 0 Å². The first-order chi connectivity index (χ1) is 18.4. The molecular weight excluding hydrogens is 456 g/mol. The van der Waals surface area contributed by atoms with Crippen molar-refractivity contribution in [1.82, 2.24) is 0 Å². The summed E-state index contributed by atoms with van der Waals surface area (Å²) in [6.07, 6.45) is 0. The molecule has 0 saturated heterocycles. The molecule has 0 heterocycles. The lowest BCUT2D eigenvalue weighted by Gasteiger charge is -2.17. The van der Waals surface area contributed by atoms with Gasteiger partial charge in [-0.25, -0.2) is 0 Å². The lowest BCUT2D eigenvalue weighted by atomic mass is 9.88. The fourth-order valence-corrected chi connectivity index (χ4v) is 4.91. The third-order valence-electron chi connectivity index (χ3n) is 7.03. The molecule has 0 radical (unpaired) electrons. The van der Waals surface area contributed by atoms with Gasteiger partial charge in [-0.2, -0.15) is 0 Å². The normalized spacial score (nSPS) is 11.1. The highest BCUT2D eigenvalue weighted by Crippen LogP contribution is 2.34. The molecule has 0 spiro atoms. The molecule has 0 bridgehead atoms. The molecule has 180 valence electrons. The molecule has 0 aliphatic heterocycles. The van der Waals surface area contributed by atoms with Crippen LogP contribution in [0.4, 0.5) is 0 Å². The molecule has 0 saturated carbocycles. The average Bonchev–Trinajstić information content (AvgIpc) is 3.35. The molecule has 0 N–H and O–H groups in total. The third-order valence-corrected chi connectivity index (χ3v) is 7.03. The van der Waals surface area contributed by atoms with E-state index in [1.54, 1.807) is 0 Å². The van der Waals surface area contributed by atoms with E-state index in [1.807, 2.05) is 12.1 Å². The Bertz CT molecular complexity index is 1620. The summed E-state index contributed by atoms with van der Waals surface area (Å²) < 4.78 is 0. The SMILES string of the molecule is CC(C)(C)c1ccc2c(C#Cc3cc4cccccc-4c3)cc(C#Cc3cc4cccccc-4c3)c-2cc1. The molecule has 0 amide bonds. The van der Waals surface area contributed by atoms with Gasteiger partial charge in [0.25, 0.3) is 0 Å². The van der Waals surface area contributed by atoms with Gasteiger partial charge in [-0.15, -0.1) is 0 Å². The Kier molecular flexibility index (Phi) is 5.96. The number of hydrogen-bond donors (Lipinski definition) is 0. The van der Waals surface area contributed by atoms with Crippen LogP contribution in [0.25, 0.3) is 33.4 Å². The van der Waals surface area contributed by atoms with Crippen molar-refractivity contribution < 1.29 is 0 Å². The molecule has 0 atom stereocenters. The van der Waals surface area contributed by atoms with Gasteiger partial charge >= 0.3 is 0 Å². The van der Waals surface area contributed by atoms with Gasteiger partial charge in [0.1, 0.15) is 0 Å². The van der Waals surface area contributed by atoms with E-state index in [2.05, 4.69) is 148 Å². The summed E-state index contributed by atoms with van der Waals surface area (Å²) in [5, 5.41) is 0. The molecular formula is C38H28. The minimum absolute atomic E-state index is 0.0607. The van der Waals surface area contributed by atoms with Gasteiger partial charge in [0.15, 0.2) is 0 Å². The first-order valence-electron chi connectivity index (χ1n) is 13.0. The van der Waals surface area contributed by atoms with Crippen LogP contribution < -0.4 is 0 Å². The summed E-state index contributed by atoms with van der Waals surface area (Å²) in [7, 11) is 0. The third kappa shape index (κ3) is 4.78. The van der Waals surface area contributed by atoms with E-state index >= 15 is 0 Å². The molecule has 6 aliphatic rings. The second kappa shape index (κ2) is 9.59. The standard InChI is InChI=1S/C38H28/c1-38(2,3)35-18-20-36-33(16-14-27-22-29-10-6-4-7-11-30(29)23-27)26-34(37(36)21-19-35)17-15-28-24-31-12-8-5-9-13-32(31)25-28/h4-13,18-26H,1-3H3. The predicted octanol–water partition coefficient (Wildman–Crippen LogP) is 9.10. The van der Waals surface area contributed by atoms with Gasteiger partial charge in [0.2, 0.25) is 0 Å². The summed E-state index contributed by atoms with van der Waals surface area (Å²) in [6, 6.07) is 40.6. The zero-order chi connectivity index (χ0) is 26.1. The van der Waals surface area contributed by atoms with Crippen LogP contribution in [-0.4, -0.2) is 0 Å². The van der Waals surface area contributed by atoms with Crippen molar-refractivity contribution in [1.29, 1.82) is 0 Å². The van der Waals surface area contributed by atoms with Crippen LogP contribution in [0.1, 0.15) is 48.6 Å². The van der Waals surface area contributed by atoms with Crippen molar-refractivity contribution in [3.63, 3.8) is 0 Å². The smallest absolute Gasteiger partial charge is 0.0340 e. The molecule has 0 heteroatoms. The summed E-state index contributed by atoms with van der Waals surface area (Å²) in [5.41, 5.74) is 12.5. The molecule has 6 rings (SSSR count). The highest BCUT2D eigenvalue weighted by Gasteiger charge is 2.17. The second-order valence-corrected chi connectivity index (χ2v) is 10.8. The van der Waals surface area contributed by atoms with E-state index in [-0.39, 0.29) is 5.41 Å². The van der Waals surface area contributed by atoms with E-state index < -0.39 is 0 Å². The van der Waals surface area contributed by atoms with Crippen molar-refractivity contribution in [3.05, 3.63) is 143 Å². The lowest BCUT2D eigenvalue weighted by Crippen LogP contribution is -2.09. The Labute approximate surface area is 226 Å². The molecule has 38 heavy (non-hydrogen) atoms. The van der Waals surface area contributed by atoms with Gasteiger partial charge in [0.05, 0.1) is 0 Å². The number of fused-ring (bicyclic) bond motifs is 3. The Hall–Kier alpha value is -4.78. The van der Waals surface area contributed by atoms with E-state index in [1.165, 1.54) is 27.8 Å². The van der Waals surface area contributed by atoms with Gasteiger partial charge in [0, 0.05) is 22.3 Å². The summed E-state index contributed by atoms with van der Waals surface area (Å²) >= 11 is 0. The molecule has 0 fully saturated rings. The summed E-state index contributed by atoms with van der Waals surface area (Å²) in [4.78, 5) is 0. The van der Waals surface area contributed by atoms with Crippen LogP contribution in [0.3, 0.4) is 0 Å². The Balaban J connectivity index is 1.45. The Morgan fingerprint density at radius 2 is 0.816 bits per heavy atom. The molecule has 0 aromatic carbocycles. The van der Waals surface area contributed by atoms with Crippen LogP contribution in [-0.2, 0) is 5.41 Å². The average molecular weight is 485 g/mol. The largest absolute Gasteiger partial charge is 0.0622 e. The van der Waals surface area contributed by atoms with Crippen molar-refractivity contribution in [3.8, 4) is 57.1 Å². The fraction of sp³-hybridized carbons (Fsp3) is 0.105. The van der Waals surface area contributed by atoms with Crippen molar-refractivity contribution >= 4 is 0 Å². The molecule has 0 aromatic rings.